The van der Waals surface area contributed by atoms with Crippen LogP contribution >= 0.6 is 24.0 Å². The fourth-order valence-electron chi connectivity index (χ4n) is 4.97. The average Bonchev–Trinajstić information content (AvgIpc) is 3.25. The molecular formula is C17H30IN3O. The Bertz CT molecular complexity index is 393. The highest BCUT2D eigenvalue weighted by molar-refractivity contribution is 14.0. The predicted molar refractivity (Wildman–Crippen MR) is 99.8 cm³/mol. The third-order valence-corrected chi connectivity index (χ3v) is 6.06. The molecule has 0 spiro atoms. The van der Waals surface area contributed by atoms with Crippen LogP contribution in [0.15, 0.2) is 4.99 Å². The molecule has 0 aromatic rings. The first-order valence-corrected chi connectivity index (χ1v) is 9.04. The monoisotopic (exact) mass is 419 g/mol. The maximum Gasteiger partial charge on any atom is 0.193 e. The van der Waals surface area contributed by atoms with Gasteiger partial charge in [0.15, 0.2) is 5.96 Å². The van der Waals surface area contributed by atoms with Gasteiger partial charge < -0.3 is 15.0 Å². The number of likely N-dealkylation sites (tertiary alicyclic amines) is 1. The van der Waals surface area contributed by atoms with Gasteiger partial charge in [0.1, 0.15) is 0 Å². The number of aliphatic imine (C=N–C) groups is 1. The van der Waals surface area contributed by atoms with E-state index in [1.54, 1.807) is 0 Å². The van der Waals surface area contributed by atoms with Gasteiger partial charge in [0.25, 0.3) is 0 Å². The van der Waals surface area contributed by atoms with Gasteiger partial charge in [-0.25, -0.2) is 0 Å². The lowest BCUT2D eigenvalue weighted by Crippen LogP contribution is -2.41. The first-order valence-electron chi connectivity index (χ1n) is 9.04. The van der Waals surface area contributed by atoms with Gasteiger partial charge in [-0.3, -0.25) is 4.99 Å². The normalized spacial score (nSPS) is 37.5. The van der Waals surface area contributed by atoms with E-state index in [1.165, 1.54) is 44.5 Å². The molecule has 0 amide bonds. The van der Waals surface area contributed by atoms with Crippen LogP contribution in [-0.2, 0) is 4.74 Å². The van der Waals surface area contributed by atoms with Gasteiger partial charge in [-0.15, -0.1) is 24.0 Å². The zero-order chi connectivity index (χ0) is 14.2. The molecule has 126 valence electrons. The lowest BCUT2D eigenvalue weighted by molar-refractivity contribution is 0.0767. The molecule has 1 saturated carbocycles. The van der Waals surface area contributed by atoms with Gasteiger partial charge >= 0.3 is 0 Å². The molecule has 4 unspecified atom stereocenters. The quantitative estimate of drug-likeness (QED) is 0.434. The number of hydrogen-bond donors (Lipinski definition) is 1. The Morgan fingerprint density at radius 2 is 1.73 bits per heavy atom. The van der Waals surface area contributed by atoms with Crippen molar-refractivity contribution in [2.45, 2.75) is 57.7 Å². The first-order chi connectivity index (χ1) is 10.3. The highest BCUT2D eigenvalue weighted by atomic mass is 127. The average molecular weight is 419 g/mol. The van der Waals surface area contributed by atoms with E-state index in [9.17, 15) is 0 Å². The van der Waals surface area contributed by atoms with Crippen molar-refractivity contribution >= 4 is 29.9 Å². The number of ether oxygens (including phenoxy) is 1. The minimum Gasteiger partial charge on any atom is -0.374 e. The first kappa shape index (κ1) is 16.8. The van der Waals surface area contributed by atoms with E-state index in [-0.39, 0.29) is 24.0 Å². The molecule has 0 aromatic carbocycles. The molecule has 4 aliphatic rings. The van der Waals surface area contributed by atoms with Crippen molar-refractivity contribution in [2.75, 3.05) is 26.2 Å². The van der Waals surface area contributed by atoms with Crippen LogP contribution in [-0.4, -0.2) is 49.2 Å². The van der Waals surface area contributed by atoms with Crippen molar-refractivity contribution in [1.29, 1.82) is 0 Å². The standard InChI is InChI=1S/C17H29N3O.HI/c1-2-18-17(19-9-12-5-3-4-6-12)20-10-13-14(11-20)16-8-7-15(13)21-16;/h12-16H,2-11H2,1H3,(H,18,19);1H. The summed E-state index contributed by atoms with van der Waals surface area (Å²) < 4.78 is 6.08. The van der Waals surface area contributed by atoms with Crippen LogP contribution < -0.4 is 5.32 Å². The second-order valence-corrected chi connectivity index (χ2v) is 7.37. The lowest BCUT2D eigenvalue weighted by atomic mass is 9.82. The molecule has 1 N–H and O–H groups in total. The molecule has 0 radical (unpaired) electrons. The fraction of sp³-hybridized carbons (Fsp3) is 0.941. The van der Waals surface area contributed by atoms with Crippen LogP contribution in [0.3, 0.4) is 0 Å². The predicted octanol–water partition coefficient (Wildman–Crippen LogP) is 2.87. The summed E-state index contributed by atoms with van der Waals surface area (Å²) in [4.78, 5) is 7.48. The van der Waals surface area contributed by atoms with E-state index >= 15 is 0 Å². The Labute approximate surface area is 151 Å². The fourth-order valence-corrected chi connectivity index (χ4v) is 4.97. The molecule has 4 fully saturated rings. The van der Waals surface area contributed by atoms with E-state index in [4.69, 9.17) is 9.73 Å². The van der Waals surface area contributed by atoms with Gasteiger partial charge in [0.2, 0.25) is 0 Å². The molecule has 22 heavy (non-hydrogen) atoms. The summed E-state index contributed by atoms with van der Waals surface area (Å²) in [5.74, 6) is 3.52. The van der Waals surface area contributed by atoms with E-state index in [2.05, 4.69) is 17.1 Å². The Hall–Kier alpha value is -0.0400. The summed E-state index contributed by atoms with van der Waals surface area (Å²) in [6.45, 7) is 6.48. The van der Waals surface area contributed by atoms with Crippen LogP contribution in [0, 0.1) is 17.8 Å². The molecule has 5 heteroatoms. The van der Waals surface area contributed by atoms with Crippen molar-refractivity contribution in [3.05, 3.63) is 0 Å². The third-order valence-electron chi connectivity index (χ3n) is 6.06. The maximum atomic E-state index is 6.08. The Kier molecular flexibility index (Phi) is 5.53. The van der Waals surface area contributed by atoms with Crippen LogP contribution in [0.25, 0.3) is 0 Å². The summed E-state index contributed by atoms with van der Waals surface area (Å²) in [6, 6.07) is 0. The lowest BCUT2D eigenvalue weighted by Gasteiger charge is -2.23. The topological polar surface area (TPSA) is 36.9 Å². The maximum absolute atomic E-state index is 6.08. The summed E-state index contributed by atoms with van der Waals surface area (Å²) in [6.07, 6.45) is 9.24. The molecule has 4 nitrogen and oxygen atoms in total. The summed E-state index contributed by atoms with van der Waals surface area (Å²) in [5.41, 5.74) is 0. The van der Waals surface area contributed by atoms with Gasteiger partial charge in [0.05, 0.1) is 12.2 Å². The van der Waals surface area contributed by atoms with Crippen LogP contribution in [0.4, 0.5) is 0 Å². The van der Waals surface area contributed by atoms with Gasteiger partial charge in [-0.1, -0.05) is 12.8 Å². The van der Waals surface area contributed by atoms with E-state index in [1.807, 2.05) is 0 Å². The second-order valence-electron chi connectivity index (χ2n) is 7.37. The third kappa shape index (κ3) is 3.12. The highest BCUT2D eigenvalue weighted by Gasteiger charge is 2.53. The summed E-state index contributed by atoms with van der Waals surface area (Å²) in [7, 11) is 0. The Morgan fingerprint density at radius 3 is 2.32 bits per heavy atom. The van der Waals surface area contributed by atoms with Crippen molar-refractivity contribution < 1.29 is 4.74 Å². The molecule has 0 aromatic heterocycles. The smallest absolute Gasteiger partial charge is 0.193 e. The number of hydrogen-bond acceptors (Lipinski definition) is 2. The van der Waals surface area contributed by atoms with Crippen LogP contribution in [0.2, 0.25) is 0 Å². The molecule has 3 heterocycles. The summed E-state index contributed by atoms with van der Waals surface area (Å²) in [5, 5.41) is 3.52. The van der Waals surface area contributed by atoms with Crippen molar-refractivity contribution in [3.63, 3.8) is 0 Å². The van der Waals surface area contributed by atoms with Crippen LogP contribution in [0.1, 0.15) is 45.4 Å². The zero-order valence-corrected chi connectivity index (χ0v) is 16.0. The largest absolute Gasteiger partial charge is 0.374 e. The van der Waals surface area contributed by atoms with Crippen LogP contribution in [0.5, 0.6) is 0 Å². The molecule has 1 aliphatic carbocycles. The van der Waals surface area contributed by atoms with Crippen molar-refractivity contribution in [1.82, 2.24) is 10.2 Å². The highest BCUT2D eigenvalue weighted by Crippen LogP contribution is 2.47. The molecule has 2 bridgehead atoms. The van der Waals surface area contributed by atoms with Crippen molar-refractivity contribution in [3.8, 4) is 0 Å². The molecule has 3 saturated heterocycles. The minimum atomic E-state index is 0. The van der Waals surface area contributed by atoms with Gasteiger partial charge in [0, 0.05) is 38.0 Å². The number of halogens is 1. The number of rotatable bonds is 3. The Morgan fingerprint density at radius 1 is 1.09 bits per heavy atom. The summed E-state index contributed by atoms with van der Waals surface area (Å²) >= 11 is 0. The SMILES string of the molecule is CCNC(=NCC1CCCC1)N1CC2C3CCC(O3)C2C1.I. The zero-order valence-electron chi connectivity index (χ0n) is 13.7. The Balaban J connectivity index is 0.00000144. The molecule has 4 atom stereocenters. The number of nitrogens with one attached hydrogen (secondary N) is 1. The number of guanidine groups is 1. The minimum absolute atomic E-state index is 0. The van der Waals surface area contributed by atoms with E-state index in [0.717, 1.165) is 43.9 Å². The second kappa shape index (κ2) is 7.24. The van der Waals surface area contributed by atoms with Gasteiger partial charge in [-0.2, -0.15) is 0 Å². The van der Waals surface area contributed by atoms with E-state index in [0.29, 0.717) is 12.2 Å². The molecule has 4 rings (SSSR count). The molecular weight excluding hydrogens is 389 g/mol. The molecule has 3 aliphatic heterocycles. The van der Waals surface area contributed by atoms with Gasteiger partial charge in [-0.05, 0) is 38.5 Å². The van der Waals surface area contributed by atoms with Crippen molar-refractivity contribution in [2.24, 2.45) is 22.7 Å². The number of fused-ring (bicyclic) bond motifs is 5. The van der Waals surface area contributed by atoms with E-state index < -0.39 is 0 Å². The number of nitrogens with zero attached hydrogens (tertiary/aromatic N) is 2.